The normalized spacial score (nSPS) is 24.5. The number of carbonyl (C=O) groups is 1. The second-order valence-electron chi connectivity index (χ2n) is 6.74. The SMILES string of the molecule is CC(C)CN1C(=O)C2(CCCC2)NC1c1cccc(F)c1. The van der Waals surface area contributed by atoms with Crippen LogP contribution in [-0.2, 0) is 4.79 Å². The van der Waals surface area contributed by atoms with Gasteiger partial charge in [0, 0.05) is 6.54 Å². The summed E-state index contributed by atoms with van der Waals surface area (Å²) in [5.41, 5.74) is 0.430. The summed E-state index contributed by atoms with van der Waals surface area (Å²) in [6.45, 7) is 4.92. The number of hydrogen-bond donors (Lipinski definition) is 1. The summed E-state index contributed by atoms with van der Waals surface area (Å²) in [6.07, 6.45) is 3.76. The molecule has 1 spiro atoms. The zero-order valence-corrected chi connectivity index (χ0v) is 12.7. The number of benzene rings is 1. The highest BCUT2D eigenvalue weighted by Gasteiger charge is 2.52. The molecule has 1 heterocycles. The van der Waals surface area contributed by atoms with Crippen molar-refractivity contribution < 1.29 is 9.18 Å². The van der Waals surface area contributed by atoms with E-state index in [1.807, 2.05) is 11.0 Å². The number of carbonyl (C=O) groups excluding carboxylic acids is 1. The first-order chi connectivity index (χ1) is 10.0. The lowest BCUT2D eigenvalue weighted by atomic mass is 9.98. The van der Waals surface area contributed by atoms with E-state index in [9.17, 15) is 9.18 Å². The number of nitrogens with zero attached hydrogens (tertiary/aromatic N) is 1. The predicted molar refractivity (Wildman–Crippen MR) is 80.0 cm³/mol. The molecular formula is C17H23FN2O. The topological polar surface area (TPSA) is 32.3 Å². The Morgan fingerprint density at radius 3 is 2.71 bits per heavy atom. The van der Waals surface area contributed by atoms with Crippen molar-refractivity contribution in [2.24, 2.45) is 5.92 Å². The molecule has 1 aromatic carbocycles. The highest BCUT2D eigenvalue weighted by Crippen LogP contribution is 2.41. The van der Waals surface area contributed by atoms with Crippen molar-refractivity contribution in [1.82, 2.24) is 10.2 Å². The molecule has 1 aliphatic heterocycles. The van der Waals surface area contributed by atoms with Crippen LogP contribution < -0.4 is 5.32 Å². The third kappa shape index (κ3) is 2.57. The first-order valence-corrected chi connectivity index (χ1v) is 7.86. The number of hydrogen-bond acceptors (Lipinski definition) is 2. The second kappa shape index (κ2) is 5.41. The summed E-state index contributed by atoms with van der Waals surface area (Å²) in [5.74, 6) is 0.338. The molecule has 1 atom stereocenters. The molecule has 1 amide bonds. The second-order valence-corrected chi connectivity index (χ2v) is 6.74. The van der Waals surface area contributed by atoms with Gasteiger partial charge in [-0.05, 0) is 36.5 Å². The number of halogens is 1. The summed E-state index contributed by atoms with van der Waals surface area (Å²) in [5, 5.41) is 3.52. The molecule has 3 nitrogen and oxygen atoms in total. The smallest absolute Gasteiger partial charge is 0.244 e. The van der Waals surface area contributed by atoms with Gasteiger partial charge in [0.2, 0.25) is 5.91 Å². The Hall–Kier alpha value is -1.42. The fraction of sp³-hybridized carbons (Fsp3) is 0.588. The Morgan fingerprint density at radius 2 is 2.10 bits per heavy atom. The van der Waals surface area contributed by atoms with Crippen LogP contribution >= 0.6 is 0 Å². The molecule has 3 rings (SSSR count). The maximum absolute atomic E-state index is 13.5. The van der Waals surface area contributed by atoms with Crippen molar-refractivity contribution >= 4 is 5.91 Å². The molecule has 1 N–H and O–H groups in total. The number of amides is 1. The monoisotopic (exact) mass is 290 g/mol. The predicted octanol–water partition coefficient (Wildman–Crippen LogP) is 3.22. The quantitative estimate of drug-likeness (QED) is 0.927. The Bertz CT molecular complexity index is 537. The molecule has 1 aromatic rings. The van der Waals surface area contributed by atoms with Crippen LogP contribution in [0.15, 0.2) is 24.3 Å². The van der Waals surface area contributed by atoms with Crippen molar-refractivity contribution in [3.05, 3.63) is 35.6 Å². The van der Waals surface area contributed by atoms with Gasteiger partial charge in [-0.3, -0.25) is 10.1 Å². The fourth-order valence-corrected chi connectivity index (χ4v) is 3.65. The first-order valence-electron chi connectivity index (χ1n) is 7.86. The van der Waals surface area contributed by atoms with E-state index in [2.05, 4.69) is 19.2 Å². The van der Waals surface area contributed by atoms with Gasteiger partial charge in [0.1, 0.15) is 12.0 Å². The molecule has 2 aliphatic rings. The highest BCUT2D eigenvalue weighted by atomic mass is 19.1. The minimum atomic E-state index is -0.411. The summed E-state index contributed by atoms with van der Waals surface area (Å²) in [7, 11) is 0. The van der Waals surface area contributed by atoms with Crippen molar-refractivity contribution in [2.75, 3.05) is 6.54 Å². The van der Waals surface area contributed by atoms with Gasteiger partial charge < -0.3 is 4.90 Å². The summed E-state index contributed by atoms with van der Waals surface area (Å²) in [6, 6.07) is 6.59. The minimum absolute atomic E-state index is 0.197. The van der Waals surface area contributed by atoms with Gasteiger partial charge in [0.15, 0.2) is 0 Å². The van der Waals surface area contributed by atoms with E-state index >= 15 is 0 Å². The van der Waals surface area contributed by atoms with Gasteiger partial charge >= 0.3 is 0 Å². The highest BCUT2D eigenvalue weighted by molar-refractivity contribution is 5.89. The Balaban J connectivity index is 1.94. The van der Waals surface area contributed by atoms with E-state index < -0.39 is 5.54 Å². The van der Waals surface area contributed by atoms with Gasteiger partial charge in [0.25, 0.3) is 0 Å². The number of nitrogens with one attached hydrogen (secondary N) is 1. The van der Waals surface area contributed by atoms with E-state index in [1.165, 1.54) is 12.1 Å². The van der Waals surface area contributed by atoms with E-state index in [-0.39, 0.29) is 17.9 Å². The van der Waals surface area contributed by atoms with Crippen LogP contribution in [-0.4, -0.2) is 22.9 Å². The van der Waals surface area contributed by atoms with E-state index in [0.717, 1.165) is 31.2 Å². The molecule has 1 aliphatic carbocycles. The molecular weight excluding hydrogens is 267 g/mol. The fourth-order valence-electron chi connectivity index (χ4n) is 3.65. The standard InChI is InChI=1S/C17H23FN2O/c1-12(2)11-20-15(13-6-5-7-14(18)10-13)19-17(16(20)21)8-3-4-9-17/h5-7,10,12,15,19H,3-4,8-9,11H2,1-2H3. The van der Waals surface area contributed by atoms with Gasteiger partial charge in [0.05, 0.1) is 5.54 Å². The molecule has 1 saturated heterocycles. The lowest BCUT2D eigenvalue weighted by Crippen LogP contribution is -2.44. The Morgan fingerprint density at radius 1 is 1.38 bits per heavy atom. The molecule has 114 valence electrons. The van der Waals surface area contributed by atoms with Crippen LogP contribution in [0.4, 0.5) is 4.39 Å². The third-order valence-corrected chi connectivity index (χ3v) is 4.58. The summed E-state index contributed by atoms with van der Waals surface area (Å²) in [4.78, 5) is 14.8. The molecule has 2 fully saturated rings. The zero-order chi connectivity index (χ0) is 15.0. The molecule has 0 radical (unpaired) electrons. The van der Waals surface area contributed by atoms with Gasteiger partial charge in [-0.25, -0.2) is 4.39 Å². The third-order valence-electron chi connectivity index (χ3n) is 4.58. The van der Waals surface area contributed by atoms with Crippen molar-refractivity contribution in [3.63, 3.8) is 0 Å². The first kappa shape index (κ1) is 14.5. The van der Waals surface area contributed by atoms with Crippen LogP contribution in [0.5, 0.6) is 0 Å². The largest absolute Gasteiger partial charge is 0.321 e. The van der Waals surface area contributed by atoms with Gasteiger partial charge in [-0.1, -0.05) is 38.8 Å². The molecule has 0 bridgehead atoms. The van der Waals surface area contributed by atoms with Crippen molar-refractivity contribution in [3.8, 4) is 0 Å². The minimum Gasteiger partial charge on any atom is -0.321 e. The van der Waals surface area contributed by atoms with Crippen LogP contribution in [0.2, 0.25) is 0 Å². The van der Waals surface area contributed by atoms with Crippen LogP contribution in [0.3, 0.4) is 0 Å². The molecule has 21 heavy (non-hydrogen) atoms. The Labute approximate surface area is 125 Å². The summed E-state index contributed by atoms with van der Waals surface area (Å²) < 4.78 is 13.5. The lowest BCUT2D eigenvalue weighted by molar-refractivity contribution is -0.133. The van der Waals surface area contributed by atoms with E-state index in [4.69, 9.17) is 0 Å². The maximum Gasteiger partial charge on any atom is 0.244 e. The van der Waals surface area contributed by atoms with E-state index in [1.54, 1.807) is 6.07 Å². The lowest BCUT2D eigenvalue weighted by Gasteiger charge is -2.26. The zero-order valence-electron chi connectivity index (χ0n) is 12.7. The van der Waals surface area contributed by atoms with E-state index in [0.29, 0.717) is 12.5 Å². The molecule has 0 aromatic heterocycles. The van der Waals surface area contributed by atoms with Crippen LogP contribution in [0, 0.1) is 11.7 Å². The molecule has 1 saturated carbocycles. The van der Waals surface area contributed by atoms with Crippen molar-refractivity contribution in [1.29, 1.82) is 0 Å². The van der Waals surface area contributed by atoms with Crippen LogP contribution in [0.1, 0.15) is 51.3 Å². The van der Waals surface area contributed by atoms with Crippen LogP contribution in [0.25, 0.3) is 0 Å². The number of rotatable bonds is 3. The van der Waals surface area contributed by atoms with Gasteiger partial charge in [-0.2, -0.15) is 0 Å². The Kier molecular flexibility index (Phi) is 3.74. The summed E-state index contributed by atoms with van der Waals surface area (Å²) >= 11 is 0. The average Bonchev–Trinajstić information content (AvgIpc) is 3.00. The molecule has 4 heteroatoms. The van der Waals surface area contributed by atoms with Gasteiger partial charge in [-0.15, -0.1) is 0 Å². The van der Waals surface area contributed by atoms with Crippen molar-refractivity contribution in [2.45, 2.75) is 51.2 Å². The molecule has 1 unspecified atom stereocenters. The maximum atomic E-state index is 13.5. The average molecular weight is 290 g/mol.